The van der Waals surface area contributed by atoms with Crippen molar-refractivity contribution in [1.29, 1.82) is 0 Å². The molecular weight excluding hydrogens is 471 g/mol. The third-order valence-electron chi connectivity index (χ3n) is 7.38. The van der Waals surface area contributed by atoms with Crippen LogP contribution in [0.15, 0.2) is 36.4 Å². The van der Waals surface area contributed by atoms with Crippen LogP contribution in [0.4, 0.5) is 10.1 Å². The number of benzene rings is 2. The van der Waals surface area contributed by atoms with E-state index in [9.17, 15) is 9.18 Å². The van der Waals surface area contributed by atoms with Gasteiger partial charge in [-0.05, 0) is 69.4 Å². The molecule has 3 heterocycles. The van der Waals surface area contributed by atoms with Gasteiger partial charge >= 0.3 is 0 Å². The second-order valence-electron chi connectivity index (χ2n) is 9.90. The summed E-state index contributed by atoms with van der Waals surface area (Å²) in [5.41, 5.74) is 4.31. The van der Waals surface area contributed by atoms with Crippen molar-refractivity contribution in [2.45, 2.75) is 59.0 Å². The van der Waals surface area contributed by atoms with E-state index in [1.165, 1.54) is 12.1 Å². The molecule has 0 atom stereocenters. The third-order valence-corrected chi connectivity index (χ3v) is 7.38. The fourth-order valence-corrected chi connectivity index (χ4v) is 5.26. The van der Waals surface area contributed by atoms with E-state index in [0.29, 0.717) is 36.5 Å². The van der Waals surface area contributed by atoms with Gasteiger partial charge in [-0.1, -0.05) is 19.4 Å². The number of amides is 1. The molecular formula is C30H35FN2O4. The molecule has 2 aliphatic rings. The minimum Gasteiger partial charge on any atom is -0.493 e. The van der Waals surface area contributed by atoms with Crippen LogP contribution >= 0.6 is 0 Å². The summed E-state index contributed by atoms with van der Waals surface area (Å²) in [4.78, 5) is 20.1. The highest BCUT2D eigenvalue weighted by molar-refractivity contribution is 5.96. The summed E-state index contributed by atoms with van der Waals surface area (Å²) in [7, 11) is 0. The first kappa shape index (κ1) is 25.5. The molecule has 1 aromatic heterocycles. The largest absolute Gasteiger partial charge is 0.493 e. The fraction of sp³-hybridized carbons (Fsp3) is 0.467. The van der Waals surface area contributed by atoms with Gasteiger partial charge in [0.05, 0.1) is 23.5 Å². The number of carbonyl (C=O) groups is 1. The Balaban J connectivity index is 1.40. The maximum absolute atomic E-state index is 14.0. The molecule has 0 unspecified atom stereocenters. The lowest BCUT2D eigenvalue weighted by molar-refractivity contribution is -0.125. The fourth-order valence-electron chi connectivity index (χ4n) is 5.26. The highest BCUT2D eigenvalue weighted by Crippen LogP contribution is 2.37. The number of pyridine rings is 1. The maximum atomic E-state index is 14.0. The predicted molar refractivity (Wildman–Crippen MR) is 142 cm³/mol. The van der Waals surface area contributed by atoms with Crippen LogP contribution in [0.3, 0.4) is 0 Å². The molecule has 0 N–H and O–H groups in total. The minimum atomic E-state index is -0.311. The molecule has 3 aromatic rings. The lowest BCUT2D eigenvalue weighted by Crippen LogP contribution is -2.41. The zero-order valence-electron chi connectivity index (χ0n) is 21.7. The molecule has 1 fully saturated rings. The number of halogens is 1. The van der Waals surface area contributed by atoms with Gasteiger partial charge in [0.15, 0.2) is 0 Å². The maximum Gasteiger partial charge on any atom is 0.230 e. The predicted octanol–water partition coefficient (Wildman–Crippen LogP) is 6.15. The van der Waals surface area contributed by atoms with Gasteiger partial charge in [-0.25, -0.2) is 9.37 Å². The Morgan fingerprint density at radius 1 is 1.19 bits per heavy atom. The number of fused-ring (bicyclic) bond motifs is 2. The number of hydrogen-bond donors (Lipinski definition) is 0. The molecule has 196 valence electrons. The van der Waals surface area contributed by atoms with Crippen LogP contribution in [-0.4, -0.2) is 37.3 Å². The zero-order valence-corrected chi connectivity index (χ0v) is 21.7. The Bertz CT molecular complexity index is 1270. The van der Waals surface area contributed by atoms with Gasteiger partial charge in [0.2, 0.25) is 5.91 Å². The van der Waals surface area contributed by atoms with Crippen LogP contribution in [0.25, 0.3) is 10.9 Å². The van der Waals surface area contributed by atoms with Gasteiger partial charge in [-0.2, -0.15) is 0 Å². The van der Waals surface area contributed by atoms with E-state index in [0.717, 1.165) is 73.3 Å². The monoisotopic (exact) mass is 506 g/mol. The van der Waals surface area contributed by atoms with Gasteiger partial charge in [0.1, 0.15) is 23.9 Å². The first-order valence-electron chi connectivity index (χ1n) is 13.4. The molecule has 2 aromatic carbocycles. The second-order valence-corrected chi connectivity index (χ2v) is 9.90. The topological polar surface area (TPSA) is 60.9 Å². The van der Waals surface area contributed by atoms with Crippen LogP contribution in [0.1, 0.15) is 55.8 Å². The van der Waals surface area contributed by atoms with Crippen molar-refractivity contribution in [2.75, 3.05) is 31.3 Å². The van der Waals surface area contributed by atoms with E-state index in [-0.39, 0.29) is 24.2 Å². The van der Waals surface area contributed by atoms with E-state index in [1.807, 2.05) is 30.0 Å². The number of anilines is 1. The Labute approximate surface area is 217 Å². The van der Waals surface area contributed by atoms with Gasteiger partial charge in [0, 0.05) is 42.2 Å². The lowest BCUT2D eigenvalue weighted by atomic mass is 9.95. The summed E-state index contributed by atoms with van der Waals surface area (Å²) < 4.78 is 31.9. The van der Waals surface area contributed by atoms with Crippen LogP contribution in [0.2, 0.25) is 0 Å². The second kappa shape index (κ2) is 11.5. The van der Waals surface area contributed by atoms with E-state index in [4.69, 9.17) is 19.2 Å². The highest BCUT2D eigenvalue weighted by Gasteiger charge is 2.31. The molecule has 2 aliphatic heterocycles. The van der Waals surface area contributed by atoms with Gasteiger partial charge in [0.25, 0.3) is 0 Å². The average Bonchev–Trinajstić information content (AvgIpc) is 2.93. The van der Waals surface area contributed by atoms with Crippen molar-refractivity contribution in [3.63, 3.8) is 0 Å². The van der Waals surface area contributed by atoms with E-state index in [1.54, 1.807) is 6.07 Å². The van der Waals surface area contributed by atoms with Crippen molar-refractivity contribution < 1.29 is 23.4 Å². The molecule has 6 nitrogen and oxygen atoms in total. The lowest BCUT2D eigenvalue weighted by Gasteiger charge is -2.34. The smallest absolute Gasteiger partial charge is 0.230 e. The van der Waals surface area contributed by atoms with Gasteiger partial charge in [-0.15, -0.1) is 0 Å². The van der Waals surface area contributed by atoms with E-state index < -0.39 is 0 Å². The Kier molecular flexibility index (Phi) is 7.89. The summed E-state index contributed by atoms with van der Waals surface area (Å²) in [5, 5.41) is 0.678. The first-order chi connectivity index (χ1) is 18.1. The third kappa shape index (κ3) is 5.42. The summed E-state index contributed by atoms with van der Waals surface area (Å²) in [6.45, 7) is 6.91. The molecule has 5 rings (SSSR count). The number of aromatic nitrogens is 1. The highest BCUT2D eigenvalue weighted by atomic mass is 19.1. The average molecular weight is 507 g/mol. The summed E-state index contributed by atoms with van der Waals surface area (Å²) in [5.74, 6) is 1.34. The molecule has 0 bridgehead atoms. The van der Waals surface area contributed by atoms with Crippen molar-refractivity contribution in [2.24, 2.45) is 5.92 Å². The molecule has 7 heteroatoms. The van der Waals surface area contributed by atoms with Gasteiger partial charge in [-0.3, -0.25) is 4.79 Å². The molecule has 0 spiro atoms. The van der Waals surface area contributed by atoms with Crippen LogP contribution < -0.4 is 14.4 Å². The SMILES string of the molecule is CCCCOc1c(C)c(COc2cccc3c2CCCN3C(=O)C2CCOCC2)nc2ccc(F)cc12. The normalized spacial score (nSPS) is 16.0. The summed E-state index contributed by atoms with van der Waals surface area (Å²) in [6.07, 6.45) is 5.25. The Morgan fingerprint density at radius 2 is 2.03 bits per heavy atom. The number of carbonyl (C=O) groups excluding carboxylic acids is 1. The number of unbranched alkanes of at least 4 members (excludes halogenated alkanes) is 1. The van der Waals surface area contributed by atoms with Crippen LogP contribution in [0.5, 0.6) is 11.5 Å². The molecule has 0 aliphatic carbocycles. The molecule has 0 saturated carbocycles. The number of ether oxygens (including phenoxy) is 3. The van der Waals surface area contributed by atoms with E-state index in [2.05, 4.69) is 6.92 Å². The van der Waals surface area contributed by atoms with Crippen molar-refractivity contribution in [3.8, 4) is 11.5 Å². The van der Waals surface area contributed by atoms with Crippen molar-refractivity contribution in [1.82, 2.24) is 4.98 Å². The Hall–Kier alpha value is -3.19. The standard InChI is InChI=1S/C30H35FN2O4/c1-3-4-15-36-29-20(2)26(32-25-11-10-22(31)18-24(25)29)19-37-28-9-5-8-27-23(28)7-6-14-33(27)30(34)21-12-16-35-17-13-21/h5,8-11,18,21H,3-4,6-7,12-17,19H2,1-2H3. The molecule has 1 saturated heterocycles. The molecule has 1 amide bonds. The van der Waals surface area contributed by atoms with Crippen LogP contribution in [0, 0.1) is 18.7 Å². The van der Waals surface area contributed by atoms with E-state index >= 15 is 0 Å². The number of rotatable bonds is 8. The van der Waals surface area contributed by atoms with Crippen molar-refractivity contribution >= 4 is 22.5 Å². The summed E-state index contributed by atoms with van der Waals surface area (Å²) >= 11 is 0. The number of nitrogens with zero attached hydrogens (tertiary/aromatic N) is 2. The quantitative estimate of drug-likeness (QED) is 0.343. The first-order valence-corrected chi connectivity index (χ1v) is 13.4. The van der Waals surface area contributed by atoms with Gasteiger partial charge < -0.3 is 19.1 Å². The van der Waals surface area contributed by atoms with Crippen LogP contribution in [-0.2, 0) is 22.6 Å². The molecule has 37 heavy (non-hydrogen) atoms. The van der Waals surface area contributed by atoms with Crippen molar-refractivity contribution in [3.05, 3.63) is 59.0 Å². The zero-order chi connectivity index (χ0) is 25.8. The Morgan fingerprint density at radius 3 is 2.84 bits per heavy atom. The summed E-state index contributed by atoms with van der Waals surface area (Å²) in [6, 6.07) is 10.5. The minimum absolute atomic E-state index is 0.0182. The molecule has 0 radical (unpaired) electrons. The number of hydrogen-bond acceptors (Lipinski definition) is 5.